The topological polar surface area (TPSA) is 134 Å². The van der Waals surface area contributed by atoms with Crippen molar-refractivity contribution in [3.63, 3.8) is 0 Å². The molecule has 2 aromatic carbocycles. The van der Waals surface area contributed by atoms with Crippen molar-refractivity contribution in [2.45, 2.75) is 19.0 Å². The smallest absolute Gasteiger partial charge is 0.255 e. The molecular weight excluding hydrogens is 410 g/mol. The number of nitrogens with zero attached hydrogens (tertiary/aromatic N) is 2. The van der Waals surface area contributed by atoms with Gasteiger partial charge in [-0.1, -0.05) is 36.4 Å². The van der Waals surface area contributed by atoms with E-state index in [1.54, 1.807) is 22.9 Å². The van der Waals surface area contributed by atoms with Crippen molar-refractivity contribution >= 4 is 17.6 Å². The number of rotatable bonds is 7. The molecule has 3 aromatic rings. The monoisotopic (exact) mass is 435 g/mol. The van der Waals surface area contributed by atoms with Crippen LogP contribution in [0.15, 0.2) is 48.5 Å². The van der Waals surface area contributed by atoms with Crippen LogP contribution in [0.5, 0.6) is 5.75 Å². The van der Waals surface area contributed by atoms with Gasteiger partial charge in [-0.05, 0) is 24.1 Å². The number of carbonyl (C=O) groups is 2. The molecule has 2 heterocycles. The third-order valence-corrected chi connectivity index (χ3v) is 5.48. The first-order chi connectivity index (χ1) is 15.5. The second kappa shape index (κ2) is 9.11. The van der Waals surface area contributed by atoms with Crippen LogP contribution in [0.3, 0.4) is 0 Å². The Hall–Kier alpha value is -3.85. The molecule has 5 N–H and O–H groups in total. The minimum Gasteiger partial charge on any atom is -0.496 e. The molecule has 9 heteroatoms. The largest absolute Gasteiger partial charge is 0.496 e. The van der Waals surface area contributed by atoms with Crippen LogP contribution in [-0.4, -0.2) is 41.9 Å². The van der Waals surface area contributed by atoms with Crippen molar-refractivity contribution in [2.24, 2.45) is 5.73 Å². The molecule has 1 saturated heterocycles. The number of methoxy groups -OCH3 is 1. The van der Waals surface area contributed by atoms with E-state index < -0.39 is 5.91 Å². The number of para-hydroxylation sites is 1. The number of ether oxygens (including phenoxy) is 2. The van der Waals surface area contributed by atoms with Gasteiger partial charge in [0.1, 0.15) is 22.8 Å². The number of nitrogens with two attached hydrogens (primary N) is 2. The number of nitrogen functional groups attached to an aromatic ring is 1. The van der Waals surface area contributed by atoms with E-state index in [1.807, 2.05) is 30.3 Å². The van der Waals surface area contributed by atoms with Gasteiger partial charge in [0.2, 0.25) is 0 Å². The molecule has 2 amide bonds. The number of nitrogens with one attached hydrogen (secondary N) is 1. The van der Waals surface area contributed by atoms with Crippen molar-refractivity contribution in [1.82, 2.24) is 15.1 Å². The first-order valence-electron chi connectivity index (χ1n) is 10.3. The maximum Gasteiger partial charge on any atom is 0.255 e. The van der Waals surface area contributed by atoms with E-state index in [-0.39, 0.29) is 23.3 Å². The lowest BCUT2D eigenvalue weighted by molar-refractivity contribution is 0.0946. The van der Waals surface area contributed by atoms with Gasteiger partial charge in [-0.25, -0.2) is 4.68 Å². The maximum atomic E-state index is 12.5. The van der Waals surface area contributed by atoms with Gasteiger partial charge < -0.3 is 26.3 Å². The summed E-state index contributed by atoms with van der Waals surface area (Å²) in [6.45, 7) is 1.45. The number of carbonyl (C=O) groups excluding carboxylic acids is 2. The van der Waals surface area contributed by atoms with E-state index >= 15 is 0 Å². The lowest BCUT2D eigenvalue weighted by Crippen LogP contribution is -2.23. The van der Waals surface area contributed by atoms with Crippen LogP contribution in [-0.2, 0) is 11.3 Å². The van der Waals surface area contributed by atoms with Gasteiger partial charge in [0.25, 0.3) is 11.8 Å². The quantitative estimate of drug-likeness (QED) is 0.520. The Labute approximate surface area is 185 Å². The fourth-order valence-corrected chi connectivity index (χ4v) is 3.78. The summed E-state index contributed by atoms with van der Waals surface area (Å²) in [6.07, 6.45) is 0.772. The molecule has 0 spiro atoms. The standard InChI is InChI=1S/C23H25N5O4/c1-31-18-5-3-2-4-17(18)23(30)26-12-14-6-8-15(9-7-14)20-19(22(25)29)21(24)28(27-20)16-10-11-32-13-16/h2-9,16H,10-13,24H2,1H3,(H2,25,29)(H,26,30)/t16-/m1/s1. The highest BCUT2D eigenvalue weighted by molar-refractivity contribution is 6.03. The fraction of sp³-hybridized carbons (Fsp3) is 0.261. The van der Waals surface area contributed by atoms with E-state index in [4.69, 9.17) is 20.9 Å². The molecule has 1 atom stereocenters. The number of hydrogen-bond acceptors (Lipinski definition) is 6. The third-order valence-electron chi connectivity index (χ3n) is 5.48. The SMILES string of the molecule is COc1ccccc1C(=O)NCc1ccc(-c2nn([C@@H]3CCOC3)c(N)c2C(N)=O)cc1. The molecule has 1 aliphatic rings. The minimum absolute atomic E-state index is 0.0219. The molecule has 1 fully saturated rings. The Morgan fingerprint density at radius 1 is 1.22 bits per heavy atom. The summed E-state index contributed by atoms with van der Waals surface area (Å²) < 4.78 is 12.3. The molecule has 9 nitrogen and oxygen atoms in total. The predicted molar refractivity (Wildman–Crippen MR) is 119 cm³/mol. The van der Waals surface area contributed by atoms with Crippen molar-refractivity contribution < 1.29 is 19.1 Å². The summed E-state index contributed by atoms with van der Waals surface area (Å²) in [4.78, 5) is 24.6. The Bertz CT molecular complexity index is 1130. The van der Waals surface area contributed by atoms with Gasteiger partial charge in [0.05, 0.1) is 25.3 Å². The molecule has 1 aromatic heterocycles. The van der Waals surface area contributed by atoms with Crippen molar-refractivity contribution in [1.29, 1.82) is 0 Å². The van der Waals surface area contributed by atoms with Crippen LogP contribution in [0.1, 0.15) is 38.7 Å². The van der Waals surface area contributed by atoms with Crippen LogP contribution in [0, 0.1) is 0 Å². The lowest BCUT2D eigenvalue weighted by Gasteiger charge is -2.10. The molecule has 0 bridgehead atoms. The number of benzene rings is 2. The van der Waals surface area contributed by atoms with Crippen LogP contribution in [0.2, 0.25) is 0 Å². The van der Waals surface area contributed by atoms with Gasteiger partial charge in [-0.15, -0.1) is 0 Å². The summed E-state index contributed by atoms with van der Waals surface area (Å²) in [5.41, 5.74) is 14.5. The fourth-order valence-electron chi connectivity index (χ4n) is 3.78. The molecule has 166 valence electrons. The van der Waals surface area contributed by atoms with E-state index in [1.165, 1.54) is 7.11 Å². The summed E-state index contributed by atoms with van der Waals surface area (Å²) in [5.74, 6) is -0.0973. The Kier molecular flexibility index (Phi) is 6.09. The van der Waals surface area contributed by atoms with Crippen LogP contribution in [0.4, 0.5) is 5.82 Å². The number of amides is 2. The molecule has 4 rings (SSSR count). The van der Waals surface area contributed by atoms with Crippen molar-refractivity contribution in [3.05, 3.63) is 65.2 Å². The zero-order chi connectivity index (χ0) is 22.7. The zero-order valence-electron chi connectivity index (χ0n) is 17.7. The Balaban J connectivity index is 1.52. The van der Waals surface area contributed by atoms with Gasteiger partial charge in [0.15, 0.2) is 0 Å². The molecule has 0 saturated carbocycles. The summed E-state index contributed by atoms with van der Waals surface area (Å²) in [5, 5.41) is 7.46. The highest BCUT2D eigenvalue weighted by Gasteiger charge is 2.27. The summed E-state index contributed by atoms with van der Waals surface area (Å²) in [7, 11) is 1.53. The van der Waals surface area contributed by atoms with E-state index in [0.29, 0.717) is 42.3 Å². The third kappa shape index (κ3) is 4.15. The normalized spacial score (nSPS) is 15.5. The number of aromatic nitrogens is 2. The average Bonchev–Trinajstić information content (AvgIpc) is 3.45. The highest BCUT2D eigenvalue weighted by atomic mass is 16.5. The highest BCUT2D eigenvalue weighted by Crippen LogP contribution is 2.31. The van der Waals surface area contributed by atoms with Crippen LogP contribution >= 0.6 is 0 Å². The number of anilines is 1. The van der Waals surface area contributed by atoms with Gasteiger partial charge >= 0.3 is 0 Å². The average molecular weight is 435 g/mol. The predicted octanol–water partition coefficient (Wildman–Crippen LogP) is 2.13. The van der Waals surface area contributed by atoms with E-state index in [2.05, 4.69) is 10.4 Å². The lowest BCUT2D eigenvalue weighted by atomic mass is 10.0. The molecular formula is C23H25N5O4. The van der Waals surface area contributed by atoms with Crippen molar-refractivity contribution in [2.75, 3.05) is 26.1 Å². The van der Waals surface area contributed by atoms with Gasteiger partial charge in [0, 0.05) is 18.7 Å². The van der Waals surface area contributed by atoms with Crippen LogP contribution < -0.4 is 21.5 Å². The Morgan fingerprint density at radius 3 is 2.62 bits per heavy atom. The first-order valence-corrected chi connectivity index (χ1v) is 10.3. The molecule has 0 unspecified atom stereocenters. The second-order valence-corrected chi connectivity index (χ2v) is 7.51. The summed E-state index contributed by atoms with van der Waals surface area (Å²) >= 11 is 0. The number of hydrogen-bond donors (Lipinski definition) is 3. The Morgan fingerprint density at radius 2 is 1.97 bits per heavy atom. The molecule has 0 aliphatic carbocycles. The molecule has 32 heavy (non-hydrogen) atoms. The van der Waals surface area contributed by atoms with Crippen molar-refractivity contribution in [3.8, 4) is 17.0 Å². The minimum atomic E-state index is -0.629. The molecule has 0 radical (unpaired) electrons. The zero-order valence-corrected chi connectivity index (χ0v) is 17.7. The van der Waals surface area contributed by atoms with Gasteiger partial charge in [-0.3, -0.25) is 9.59 Å². The van der Waals surface area contributed by atoms with Crippen LogP contribution in [0.25, 0.3) is 11.3 Å². The number of primary amides is 1. The maximum absolute atomic E-state index is 12.5. The van der Waals surface area contributed by atoms with E-state index in [0.717, 1.165) is 12.0 Å². The first kappa shape index (κ1) is 21.4. The summed E-state index contributed by atoms with van der Waals surface area (Å²) in [6, 6.07) is 14.4. The molecule has 1 aliphatic heterocycles. The van der Waals surface area contributed by atoms with Gasteiger partial charge in [-0.2, -0.15) is 5.10 Å². The van der Waals surface area contributed by atoms with E-state index in [9.17, 15) is 9.59 Å². The second-order valence-electron chi connectivity index (χ2n) is 7.51.